The van der Waals surface area contributed by atoms with Gasteiger partial charge >= 0.3 is 0 Å². The normalized spacial score (nSPS) is 15.8. The number of benzene rings is 1. The van der Waals surface area contributed by atoms with Crippen LogP contribution < -0.4 is 4.90 Å². The summed E-state index contributed by atoms with van der Waals surface area (Å²) in [5.41, 5.74) is 2.62. The molecule has 31 heavy (non-hydrogen) atoms. The van der Waals surface area contributed by atoms with Crippen LogP contribution in [0.2, 0.25) is 0 Å². The summed E-state index contributed by atoms with van der Waals surface area (Å²) in [6, 6.07) is 15.0. The lowest BCUT2D eigenvalue weighted by Crippen LogP contribution is -2.48. The quantitative estimate of drug-likeness (QED) is 0.498. The second-order valence-electron chi connectivity index (χ2n) is 7.70. The highest BCUT2D eigenvalue weighted by Crippen LogP contribution is 2.42. The lowest BCUT2D eigenvalue weighted by Gasteiger charge is -2.38. The van der Waals surface area contributed by atoms with Gasteiger partial charge in [-0.15, -0.1) is 11.6 Å². The number of unbranched alkanes of at least 4 members (excludes halogenated alkanes) is 1. The maximum absolute atomic E-state index is 13.7. The third-order valence-corrected chi connectivity index (χ3v) is 5.75. The van der Waals surface area contributed by atoms with Gasteiger partial charge in [0.25, 0.3) is 0 Å². The van der Waals surface area contributed by atoms with Crippen LogP contribution in [-0.2, 0) is 9.59 Å². The zero-order valence-corrected chi connectivity index (χ0v) is 18.5. The zero-order valence-electron chi connectivity index (χ0n) is 17.7. The molecule has 1 aliphatic heterocycles. The molecule has 0 saturated carbocycles. The Morgan fingerprint density at radius 1 is 1.13 bits per heavy atom. The third kappa shape index (κ3) is 4.00. The largest absolute Gasteiger partial charge is 0.467 e. The lowest BCUT2D eigenvalue weighted by molar-refractivity contribution is -0.134. The highest BCUT2D eigenvalue weighted by atomic mass is 35.5. The first-order valence-electron chi connectivity index (χ1n) is 10.6. The maximum Gasteiger partial charge on any atom is 0.247 e. The molecule has 2 amide bonds. The van der Waals surface area contributed by atoms with Crippen molar-refractivity contribution in [1.82, 2.24) is 9.47 Å². The van der Waals surface area contributed by atoms with Crippen LogP contribution in [0.3, 0.4) is 0 Å². The van der Waals surface area contributed by atoms with E-state index in [0.29, 0.717) is 12.3 Å². The fourth-order valence-corrected chi connectivity index (χ4v) is 4.22. The molecule has 0 N–H and O–H groups in total. The minimum Gasteiger partial charge on any atom is -0.467 e. The van der Waals surface area contributed by atoms with Crippen molar-refractivity contribution in [3.8, 4) is 5.69 Å². The van der Waals surface area contributed by atoms with Crippen LogP contribution in [0.25, 0.3) is 5.69 Å². The molecular weight excluding hydrogens is 414 g/mol. The Labute approximate surface area is 187 Å². The van der Waals surface area contributed by atoms with E-state index in [-0.39, 0.29) is 18.4 Å². The summed E-state index contributed by atoms with van der Waals surface area (Å²) in [6.45, 7) is 4.15. The van der Waals surface area contributed by atoms with Crippen LogP contribution in [-0.4, -0.2) is 39.7 Å². The van der Waals surface area contributed by atoms with E-state index in [0.717, 1.165) is 29.9 Å². The molecule has 0 saturated heterocycles. The van der Waals surface area contributed by atoms with Gasteiger partial charge in [0.15, 0.2) is 0 Å². The first-order valence-corrected chi connectivity index (χ1v) is 11.0. The van der Waals surface area contributed by atoms with E-state index in [1.165, 1.54) is 0 Å². The summed E-state index contributed by atoms with van der Waals surface area (Å²) in [7, 11) is 0. The van der Waals surface area contributed by atoms with E-state index < -0.39 is 11.4 Å². The molecule has 2 aromatic heterocycles. The Morgan fingerprint density at radius 3 is 2.58 bits per heavy atom. The fraction of sp³-hybridized carbons (Fsp3) is 0.333. The number of hydrogen-bond donors (Lipinski definition) is 0. The van der Waals surface area contributed by atoms with Gasteiger partial charge in [-0.05, 0) is 49.7 Å². The molecule has 0 bridgehead atoms. The molecule has 2 unspecified atom stereocenters. The van der Waals surface area contributed by atoms with Crippen molar-refractivity contribution in [2.75, 3.05) is 18.0 Å². The van der Waals surface area contributed by atoms with E-state index in [2.05, 4.69) is 11.5 Å². The summed E-state index contributed by atoms with van der Waals surface area (Å²) in [6.07, 6.45) is 5.32. The molecule has 3 heterocycles. The molecule has 0 radical (unpaired) electrons. The summed E-state index contributed by atoms with van der Waals surface area (Å²) in [5, 5.41) is -0.684. The number of nitrogens with zero attached hydrogens (tertiary/aromatic N) is 3. The van der Waals surface area contributed by atoms with Gasteiger partial charge in [0.1, 0.15) is 23.7 Å². The van der Waals surface area contributed by atoms with Crippen molar-refractivity contribution in [2.24, 2.45) is 0 Å². The number of anilines is 1. The molecule has 0 fully saturated rings. The van der Waals surface area contributed by atoms with Crippen molar-refractivity contribution in [3.05, 3.63) is 72.4 Å². The number of halogens is 1. The third-order valence-electron chi connectivity index (χ3n) is 5.56. The molecule has 2 atom stereocenters. The van der Waals surface area contributed by atoms with E-state index in [9.17, 15) is 9.59 Å². The van der Waals surface area contributed by atoms with Crippen molar-refractivity contribution in [2.45, 2.75) is 38.1 Å². The number of amides is 2. The van der Waals surface area contributed by atoms with Crippen LogP contribution in [0.1, 0.15) is 44.2 Å². The number of carbonyl (C=O) groups is 2. The zero-order chi connectivity index (χ0) is 22.0. The number of alkyl halides is 1. The van der Waals surface area contributed by atoms with Gasteiger partial charge in [0.05, 0.1) is 23.3 Å². The van der Waals surface area contributed by atoms with Crippen LogP contribution in [0.4, 0.5) is 5.69 Å². The van der Waals surface area contributed by atoms with Crippen molar-refractivity contribution in [3.63, 3.8) is 0 Å². The van der Waals surface area contributed by atoms with Crippen LogP contribution in [0, 0.1) is 0 Å². The number of furan rings is 1. The number of para-hydroxylation sites is 2. The first-order chi connectivity index (χ1) is 15.0. The summed E-state index contributed by atoms with van der Waals surface area (Å²) >= 11 is 6.08. The first kappa shape index (κ1) is 21.2. The average molecular weight is 440 g/mol. The molecule has 0 spiro atoms. The summed E-state index contributed by atoms with van der Waals surface area (Å²) in [4.78, 5) is 29.7. The molecule has 162 valence electrons. The molecule has 0 aliphatic carbocycles. The second-order valence-corrected chi connectivity index (χ2v) is 8.36. The smallest absolute Gasteiger partial charge is 0.247 e. The minimum absolute atomic E-state index is 0.0395. The lowest BCUT2D eigenvalue weighted by atomic mass is 10.0. The molecule has 4 rings (SSSR count). The predicted octanol–water partition coefficient (Wildman–Crippen LogP) is 4.76. The van der Waals surface area contributed by atoms with Crippen LogP contribution >= 0.6 is 11.6 Å². The molecular formula is C24H26ClN3O3. The average Bonchev–Trinajstić information content (AvgIpc) is 3.47. The number of fused-ring (bicyclic) bond motifs is 3. The van der Waals surface area contributed by atoms with Gasteiger partial charge in [-0.25, -0.2) is 0 Å². The van der Waals surface area contributed by atoms with E-state index in [1.54, 1.807) is 23.0 Å². The number of hydrogen-bond acceptors (Lipinski definition) is 3. The van der Waals surface area contributed by atoms with Gasteiger partial charge in [0.2, 0.25) is 11.8 Å². The van der Waals surface area contributed by atoms with Gasteiger partial charge in [-0.3, -0.25) is 14.5 Å². The molecule has 1 aliphatic rings. The fourth-order valence-electron chi connectivity index (χ4n) is 4.08. The Balaban J connectivity index is 1.75. The molecule has 7 heteroatoms. The van der Waals surface area contributed by atoms with Crippen molar-refractivity contribution in [1.29, 1.82) is 0 Å². The Bertz CT molecular complexity index is 1060. The van der Waals surface area contributed by atoms with E-state index in [1.807, 2.05) is 54.7 Å². The van der Waals surface area contributed by atoms with Crippen molar-refractivity contribution >= 4 is 29.1 Å². The standard InChI is InChI=1S/C24H26ClN3O3/c1-3-4-13-26(24(30)17(2)25)16-22(29)28-19-10-6-5-9-18(19)27-14-7-11-20(27)23(28)21-12-8-15-31-21/h5-12,14-15,17,23H,3-4,13,16H2,1-2H3. The number of aromatic nitrogens is 1. The Kier molecular flexibility index (Phi) is 6.18. The maximum atomic E-state index is 13.7. The monoisotopic (exact) mass is 439 g/mol. The number of rotatable bonds is 7. The van der Waals surface area contributed by atoms with Gasteiger partial charge in [0, 0.05) is 12.7 Å². The summed E-state index contributed by atoms with van der Waals surface area (Å²) < 4.78 is 7.82. The van der Waals surface area contributed by atoms with Crippen LogP contribution in [0.15, 0.2) is 65.4 Å². The summed E-state index contributed by atoms with van der Waals surface area (Å²) in [5.74, 6) is 0.259. The minimum atomic E-state index is -0.684. The highest BCUT2D eigenvalue weighted by Gasteiger charge is 2.38. The Hall–Kier alpha value is -2.99. The van der Waals surface area contributed by atoms with Gasteiger partial charge < -0.3 is 13.9 Å². The second kappa shape index (κ2) is 9.02. The molecule has 6 nitrogen and oxygen atoms in total. The molecule has 1 aromatic carbocycles. The van der Waals surface area contributed by atoms with Crippen LogP contribution in [0.5, 0.6) is 0 Å². The topological polar surface area (TPSA) is 58.7 Å². The highest BCUT2D eigenvalue weighted by molar-refractivity contribution is 6.30. The van der Waals surface area contributed by atoms with E-state index in [4.69, 9.17) is 16.0 Å². The Morgan fingerprint density at radius 2 is 1.90 bits per heavy atom. The van der Waals surface area contributed by atoms with E-state index >= 15 is 0 Å². The molecule has 3 aromatic rings. The number of carbonyl (C=O) groups excluding carboxylic acids is 2. The van der Waals surface area contributed by atoms with Gasteiger partial charge in [-0.1, -0.05) is 25.5 Å². The predicted molar refractivity (Wildman–Crippen MR) is 121 cm³/mol. The SMILES string of the molecule is CCCCN(CC(=O)N1c2ccccc2-n2cccc2C1c1ccco1)C(=O)C(C)Cl. The van der Waals surface area contributed by atoms with Gasteiger partial charge in [-0.2, -0.15) is 0 Å². The van der Waals surface area contributed by atoms with Crippen molar-refractivity contribution < 1.29 is 14.0 Å².